The van der Waals surface area contributed by atoms with Crippen LogP contribution >= 0.6 is 0 Å². The van der Waals surface area contributed by atoms with E-state index in [1.807, 2.05) is 39.8 Å². The zero-order valence-corrected chi connectivity index (χ0v) is 20.1. The van der Waals surface area contributed by atoms with E-state index in [1.165, 1.54) is 0 Å². The Morgan fingerprint density at radius 1 is 0.706 bits per heavy atom. The SMILES string of the molecule is CCC(C)c1cccc(C(=O)Nc2cccc(NC(=O)c3cccc(C(C)CC)c3O)c2)c1O. The summed E-state index contributed by atoms with van der Waals surface area (Å²) in [6, 6.07) is 17.0. The van der Waals surface area contributed by atoms with Crippen molar-refractivity contribution in [1.82, 2.24) is 0 Å². The Morgan fingerprint density at radius 2 is 1.09 bits per heavy atom. The van der Waals surface area contributed by atoms with Crippen molar-refractivity contribution in [2.45, 2.75) is 52.4 Å². The molecule has 2 atom stereocenters. The summed E-state index contributed by atoms with van der Waals surface area (Å²) < 4.78 is 0. The Kier molecular flexibility index (Phi) is 7.95. The number of phenols is 2. The zero-order chi connectivity index (χ0) is 24.8. The van der Waals surface area contributed by atoms with Gasteiger partial charge in [-0.25, -0.2) is 0 Å². The summed E-state index contributed by atoms with van der Waals surface area (Å²) in [5.74, 6) is -0.663. The summed E-state index contributed by atoms with van der Waals surface area (Å²) in [5, 5.41) is 26.8. The number of aromatic hydroxyl groups is 2. The maximum atomic E-state index is 12.8. The van der Waals surface area contributed by atoms with Gasteiger partial charge in [-0.15, -0.1) is 0 Å². The van der Waals surface area contributed by atoms with Gasteiger partial charge in [0.25, 0.3) is 11.8 Å². The number of carbonyl (C=O) groups excluding carboxylic acids is 2. The number of hydrogen-bond acceptors (Lipinski definition) is 4. The highest BCUT2D eigenvalue weighted by Crippen LogP contribution is 2.33. The van der Waals surface area contributed by atoms with Crippen LogP contribution in [0.15, 0.2) is 60.7 Å². The van der Waals surface area contributed by atoms with Crippen LogP contribution in [0.25, 0.3) is 0 Å². The molecule has 2 unspecified atom stereocenters. The minimum absolute atomic E-state index is 0.0181. The van der Waals surface area contributed by atoms with Gasteiger partial charge in [-0.05, 0) is 66.1 Å². The van der Waals surface area contributed by atoms with E-state index in [4.69, 9.17) is 0 Å². The molecule has 0 bridgehead atoms. The van der Waals surface area contributed by atoms with Crippen LogP contribution < -0.4 is 10.6 Å². The summed E-state index contributed by atoms with van der Waals surface area (Å²) in [6.45, 7) is 8.05. The average Bonchev–Trinajstić information content (AvgIpc) is 2.83. The van der Waals surface area contributed by atoms with Crippen molar-refractivity contribution in [3.05, 3.63) is 82.9 Å². The van der Waals surface area contributed by atoms with Crippen LogP contribution in [0.1, 0.15) is 84.2 Å². The number of benzene rings is 3. The number of nitrogens with one attached hydrogen (secondary N) is 2. The van der Waals surface area contributed by atoms with Crippen LogP contribution in [0, 0.1) is 0 Å². The second kappa shape index (κ2) is 10.9. The molecule has 3 rings (SSSR count). The number of para-hydroxylation sites is 2. The van der Waals surface area contributed by atoms with Crippen LogP contribution in [0.5, 0.6) is 11.5 Å². The molecule has 0 aliphatic carbocycles. The van der Waals surface area contributed by atoms with Crippen molar-refractivity contribution < 1.29 is 19.8 Å². The first-order valence-corrected chi connectivity index (χ1v) is 11.6. The Balaban J connectivity index is 1.78. The van der Waals surface area contributed by atoms with E-state index < -0.39 is 11.8 Å². The maximum Gasteiger partial charge on any atom is 0.259 e. The summed E-state index contributed by atoms with van der Waals surface area (Å²) >= 11 is 0. The van der Waals surface area contributed by atoms with Crippen LogP contribution in [-0.2, 0) is 0 Å². The first kappa shape index (κ1) is 24.8. The molecule has 0 aromatic heterocycles. The van der Waals surface area contributed by atoms with Gasteiger partial charge in [0.2, 0.25) is 0 Å². The molecule has 0 aliphatic heterocycles. The van der Waals surface area contributed by atoms with Crippen molar-refractivity contribution in [1.29, 1.82) is 0 Å². The van der Waals surface area contributed by atoms with E-state index in [1.54, 1.807) is 48.5 Å². The van der Waals surface area contributed by atoms with Crippen LogP contribution in [0.2, 0.25) is 0 Å². The molecule has 0 aliphatic rings. The van der Waals surface area contributed by atoms with Gasteiger partial charge in [0.1, 0.15) is 11.5 Å². The van der Waals surface area contributed by atoms with Gasteiger partial charge in [-0.1, -0.05) is 58.0 Å². The predicted octanol–water partition coefficient (Wildman–Crippen LogP) is 6.63. The molecule has 0 fully saturated rings. The largest absolute Gasteiger partial charge is 0.507 e. The van der Waals surface area contributed by atoms with E-state index in [9.17, 15) is 19.8 Å². The van der Waals surface area contributed by atoms with Crippen LogP contribution in [-0.4, -0.2) is 22.0 Å². The van der Waals surface area contributed by atoms with E-state index in [-0.39, 0.29) is 34.5 Å². The molecule has 34 heavy (non-hydrogen) atoms. The fourth-order valence-corrected chi connectivity index (χ4v) is 3.80. The van der Waals surface area contributed by atoms with Crippen molar-refractivity contribution in [3.8, 4) is 11.5 Å². The van der Waals surface area contributed by atoms with E-state index in [2.05, 4.69) is 10.6 Å². The smallest absolute Gasteiger partial charge is 0.259 e. The minimum Gasteiger partial charge on any atom is -0.507 e. The van der Waals surface area contributed by atoms with Crippen LogP contribution in [0.4, 0.5) is 11.4 Å². The molecule has 0 radical (unpaired) electrons. The summed E-state index contributed by atoms with van der Waals surface area (Å²) in [7, 11) is 0. The molecule has 0 saturated heterocycles. The molecule has 3 aromatic rings. The summed E-state index contributed by atoms with van der Waals surface area (Å²) in [6.07, 6.45) is 1.69. The molecule has 0 heterocycles. The van der Waals surface area contributed by atoms with Crippen molar-refractivity contribution in [3.63, 3.8) is 0 Å². The lowest BCUT2D eigenvalue weighted by atomic mass is 9.95. The topological polar surface area (TPSA) is 98.7 Å². The third kappa shape index (κ3) is 5.39. The number of anilines is 2. The van der Waals surface area contributed by atoms with Gasteiger partial charge in [0, 0.05) is 11.4 Å². The van der Waals surface area contributed by atoms with E-state index >= 15 is 0 Å². The summed E-state index contributed by atoms with van der Waals surface area (Å²) in [4.78, 5) is 25.7. The molecular formula is C28H32N2O4. The minimum atomic E-state index is -0.440. The van der Waals surface area contributed by atoms with Gasteiger partial charge in [-0.3, -0.25) is 9.59 Å². The highest BCUT2D eigenvalue weighted by Gasteiger charge is 2.19. The molecular weight excluding hydrogens is 428 g/mol. The molecule has 0 saturated carbocycles. The third-order valence-electron chi connectivity index (χ3n) is 6.29. The van der Waals surface area contributed by atoms with Crippen molar-refractivity contribution in [2.24, 2.45) is 0 Å². The normalized spacial score (nSPS) is 12.6. The van der Waals surface area contributed by atoms with Gasteiger partial charge in [-0.2, -0.15) is 0 Å². The van der Waals surface area contributed by atoms with Crippen molar-refractivity contribution >= 4 is 23.2 Å². The predicted molar refractivity (Wildman–Crippen MR) is 136 cm³/mol. The van der Waals surface area contributed by atoms with Crippen LogP contribution in [0.3, 0.4) is 0 Å². The maximum absolute atomic E-state index is 12.8. The molecule has 6 nitrogen and oxygen atoms in total. The molecule has 4 N–H and O–H groups in total. The lowest BCUT2D eigenvalue weighted by Crippen LogP contribution is -2.15. The molecule has 178 valence electrons. The molecule has 6 heteroatoms. The van der Waals surface area contributed by atoms with Crippen molar-refractivity contribution in [2.75, 3.05) is 10.6 Å². The molecule has 3 aromatic carbocycles. The van der Waals surface area contributed by atoms with E-state index in [0.29, 0.717) is 11.4 Å². The fraction of sp³-hybridized carbons (Fsp3) is 0.286. The number of carbonyl (C=O) groups is 2. The molecule has 2 amide bonds. The quantitative estimate of drug-likeness (QED) is 0.303. The first-order chi connectivity index (χ1) is 16.3. The highest BCUT2D eigenvalue weighted by atomic mass is 16.3. The second-order valence-electron chi connectivity index (χ2n) is 8.59. The Morgan fingerprint density at radius 3 is 1.47 bits per heavy atom. The zero-order valence-electron chi connectivity index (χ0n) is 20.1. The fourth-order valence-electron chi connectivity index (χ4n) is 3.80. The number of phenolic OH excluding ortho intramolecular Hbond substituents is 2. The lowest BCUT2D eigenvalue weighted by Gasteiger charge is -2.15. The Hall–Kier alpha value is -3.80. The number of hydrogen-bond donors (Lipinski definition) is 4. The summed E-state index contributed by atoms with van der Waals surface area (Å²) in [5.41, 5.74) is 2.78. The molecule has 0 spiro atoms. The first-order valence-electron chi connectivity index (χ1n) is 11.6. The van der Waals surface area contributed by atoms with E-state index in [0.717, 1.165) is 24.0 Å². The monoisotopic (exact) mass is 460 g/mol. The Bertz CT molecular complexity index is 1100. The Labute approximate surface area is 200 Å². The number of amides is 2. The second-order valence-corrected chi connectivity index (χ2v) is 8.59. The van der Waals surface area contributed by atoms with Gasteiger partial charge < -0.3 is 20.8 Å². The number of rotatable bonds is 8. The van der Waals surface area contributed by atoms with Gasteiger partial charge in [0.05, 0.1) is 11.1 Å². The van der Waals surface area contributed by atoms with Gasteiger partial charge in [0.15, 0.2) is 0 Å². The average molecular weight is 461 g/mol. The standard InChI is InChI=1S/C28H32N2O4/c1-5-17(3)21-12-8-14-23(25(21)31)27(33)29-19-10-7-11-20(16-19)30-28(34)24-15-9-13-22(26(24)32)18(4)6-2/h7-18,31-32H,5-6H2,1-4H3,(H,29,33)(H,30,34). The lowest BCUT2D eigenvalue weighted by molar-refractivity contribution is 0.101. The third-order valence-corrected chi connectivity index (χ3v) is 6.29. The highest BCUT2D eigenvalue weighted by molar-refractivity contribution is 6.08. The van der Waals surface area contributed by atoms with Gasteiger partial charge >= 0.3 is 0 Å².